The summed E-state index contributed by atoms with van der Waals surface area (Å²) in [5, 5.41) is 5.06. The number of carbonyl (C=O) groups excluding carboxylic acids is 2. The molecule has 0 saturated heterocycles. The zero-order valence-corrected chi connectivity index (χ0v) is 18.4. The highest BCUT2D eigenvalue weighted by Crippen LogP contribution is 2.50. The van der Waals surface area contributed by atoms with Crippen LogP contribution in [0.4, 0.5) is 18.9 Å². The number of alkyl halides is 3. The van der Waals surface area contributed by atoms with Gasteiger partial charge in [0.25, 0.3) is 5.56 Å². The number of aryl methyl sites for hydroxylation is 1. The molecule has 1 atom stereocenters. The number of aromatic nitrogens is 2. The molecule has 0 bridgehead atoms. The summed E-state index contributed by atoms with van der Waals surface area (Å²) >= 11 is -0.0190. The van der Waals surface area contributed by atoms with Crippen molar-refractivity contribution in [2.45, 2.75) is 17.8 Å². The predicted molar refractivity (Wildman–Crippen MR) is 118 cm³/mol. The number of rotatable bonds is 7. The van der Waals surface area contributed by atoms with E-state index in [1.165, 1.54) is 19.1 Å². The first-order chi connectivity index (χ1) is 15.6. The fourth-order valence-corrected chi connectivity index (χ4v) is 4.50. The highest BCUT2D eigenvalue weighted by molar-refractivity contribution is 8.01. The lowest BCUT2D eigenvalue weighted by Gasteiger charge is -2.31. The van der Waals surface area contributed by atoms with Gasteiger partial charge in [-0.1, -0.05) is 36.4 Å². The summed E-state index contributed by atoms with van der Waals surface area (Å²) in [6, 6.07) is 16.1. The second-order valence-electron chi connectivity index (χ2n) is 6.96. The molecule has 33 heavy (non-hydrogen) atoms. The third-order valence-corrected chi connectivity index (χ3v) is 6.23. The maximum atomic E-state index is 14.5. The fourth-order valence-electron chi connectivity index (χ4n) is 3.33. The molecule has 11 heteroatoms. The van der Waals surface area contributed by atoms with Crippen LogP contribution in [0, 0.1) is 6.92 Å². The lowest BCUT2D eigenvalue weighted by Crippen LogP contribution is -2.51. The Kier molecular flexibility index (Phi) is 7.01. The van der Waals surface area contributed by atoms with Gasteiger partial charge in [0, 0.05) is 11.4 Å². The van der Waals surface area contributed by atoms with E-state index in [1.54, 1.807) is 48.5 Å². The Balaban J connectivity index is 2.07. The Morgan fingerprint density at radius 3 is 2.18 bits per heavy atom. The smallest absolute Gasteiger partial charge is 0.418 e. The number of nitrogens with one attached hydrogen (secondary N) is 2. The number of thioether (sulfide) groups is 1. The van der Waals surface area contributed by atoms with E-state index in [0.29, 0.717) is 5.69 Å². The van der Waals surface area contributed by atoms with Crippen LogP contribution in [0.15, 0.2) is 65.5 Å². The Bertz CT molecular complexity index is 1190. The molecular formula is C22H20F3N3O4S. The van der Waals surface area contributed by atoms with E-state index < -0.39 is 39.7 Å². The van der Waals surface area contributed by atoms with Crippen LogP contribution in [-0.4, -0.2) is 40.7 Å². The molecule has 0 aliphatic heterocycles. The van der Waals surface area contributed by atoms with Gasteiger partial charge < -0.3 is 10.1 Å². The molecule has 1 unspecified atom stereocenters. The van der Waals surface area contributed by atoms with Crippen LogP contribution in [0.3, 0.4) is 0 Å². The van der Waals surface area contributed by atoms with E-state index in [1.807, 2.05) is 0 Å². The van der Waals surface area contributed by atoms with E-state index in [4.69, 9.17) is 0 Å². The number of amides is 1. The van der Waals surface area contributed by atoms with E-state index in [9.17, 15) is 27.6 Å². The van der Waals surface area contributed by atoms with E-state index in [2.05, 4.69) is 15.2 Å². The standard InChI is InChI=1S/C22H20F3N3O4S/c1-14-18(19(30)28(27-14)16-11-7-4-8-12-16)21(20(31)32-2,22(23,24)25)33-13-17(29)26-15-9-5-3-6-10-15/h3-12,27H,13H2,1-2H3,(H,26,29). The Hall–Kier alpha value is -3.47. The number of methoxy groups -OCH3 is 1. The molecule has 1 amide bonds. The van der Waals surface area contributed by atoms with Crippen molar-refractivity contribution in [2.24, 2.45) is 0 Å². The van der Waals surface area contributed by atoms with Gasteiger partial charge in [0.2, 0.25) is 10.7 Å². The minimum Gasteiger partial charge on any atom is -0.467 e. The lowest BCUT2D eigenvalue weighted by molar-refractivity contribution is -0.187. The zero-order valence-electron chi connectivity index (χ0n) is 17.6. The van der Waals surface area contributed by atoms with Gasteiger partial charge in [0.05, 0.1) is 24.1 Å². The Morgan fingerprint density at radius 2 is 1.64 bits per heavy atom. The molecule has 3 aromatic rings. The molecule has 3 rings (SSSR count). The average Bonchev–Trinajstić information content (AvgIpc) is 3.09. The first kappa shape index (κ1) is 24.2. The SMILES string of the molecule is COC(=O)C(SCC(=O)Nc1ccccc1)(c1c(C)[nH]n(-c2ccccc2)c1=O)C(F)(F)F. The van der Waals surface area contributed by atoms with Crippen molar-refractivity contribution in [3.8, 4) is 5.69 Å². The molecule has 174 valence electrons. The summed E-state index contributed by atoms with van der Waals surface area (Å²) in [6.07, 6.45) is -5.25. The van der Waals surface area contributed by atoms with Crippen molar-refractivity contribution in [2.75, 3.05) is 18.2 Å². The van der Waals surface area contributed by atoms with Crippen LogP contribution in [-0.2, 0) is 19.1 Å². The Morgan fingerprint density at radius 1 is 1.06 bits per heavy atom. The van der Waals surface area contributed by atoms with Crippen molar-refractivity contribution < 1.29 is 27.5 Å². The largest absolute Gasteiger partial charge is 0.467 e. The van der Waals surface area contributed by atoms with Crippen LogP contribution in [0.1, 0.15) is 11.3 Å². The molecule has 0 radical (unpaired) electrons. The number of halogens is 3. The van der Waals surface area contributed by atoms with Crippen molar-refractivity contribution in [3.63, 3.8) is 0 Å². The number of carbonyl (C=O) groups is 2. The number of esters is 1. The van der Waals surface area contributed by atoms with Crippen LogP contribution in [0.5, 0.6) is 0 Å². The van der Waals surface area contributed by atoms with Crippen LogP contribution >= 0.6 is 11.8 Å². The van der Waals surface area contributed by atoms with Crippen molar-refractivity contribution in [3.05, 3.63) is 82.3 Å². The van der Waals surface area contributed by atoms with Gasteiger partial charge in [-0.15, -0.1) is 11.8 Å². The molecule has 1 heterocycles. The molecule has 7 nitrogen and oxygen atoms in total. The second kappa shape index (κ2) is 9.57. The average molecular weight is 479 g/mol. The zero-order chi connectivity index (χ0) is 24.2. The molecule has 0 saturated carbocycles. The number of nitrogens with zero attached hydrogens (tertiary/aromatic N) is 1. The van der Waals surface area contributed by atoms with Crippen molar-refractivity contribution >= 4 is 29.3 Å². The highest BCUT2D eigenvalue weighted by atomic mass is 32.2. The van der Waals surface area contributed by atoms with Gasteiger partial charge in [-0.25, -0.2) is 9.48 Å². The minimum absolute atomic E-state index is 0.0190. The van der Waals surface area contributed by atoms with Gasteiger partial charge in [-0.05, 0) is 31.2 Å². The molecule has 1 aromatic heterocycles. The molecular weight excluding hydrogens is 459 g/mol. The highest BCUT2D eigenvalue weighted by Gasteiger charge is 2.66. The maximum Gasteiger partial charge on any atom is 0.418 e. The van der Waals surface area contributed by atoms with Gasteiger partial charge in [-0.3, -0.25) is 14.7 Å². The number of hydrogen-bond acceptors (Lipinski definition) is 5. The predicted octanol–water partition coefficient (Wildman–Crippen LogP) is 3.78. The van der Waals surface area contributed by atoms with Crippen LogP contribution in [0.25, 0.3) is 5.69 Å². The summed E-state index contributed by atoms with van der Waals surface area (Å²) in [4.78, 5) is 38.2. The molecule has 0 fully saturated rings. The van der Waals surface area contributed by atoms with E-state index in [-0.39, 0.29) is 23.1 Å². The minimum atomic E-state index is -5.25. The summed E-state index contributed by atoms with van der Waals surface area (Å²) in [5.41, 5.74) is -1.43. The summed E-state index contributed by atoms with van der Waals surface area (Å²) in [5.74, 6) is -3.24. The van der Waals surface area contributed by atoms with Gasteiger partial charge in [0.15, 0.2) is 0 Å². The number of anilines is 1. The summed E-state index contributed by atoms with van der Waals surface area (Å²) in [6.45, 7) is 1.25. The lowest BCUT2D eigenvalue weighted by atomic mass is 9.98. The molecule has 0 aliphatic carbocycles. The van der Waals surface area contributed by atoms with Crippen molar-refractivity contribution in [1.29, 1.82) is 0 Å². The third kappa shape index (κ3) is 4.68. The maximum absolute atomic E-state index is 14.5. The monoisotopic (exact) mass is 479 g/mol. The van der Waals surface area contributed by atoms with Gasteiger partial charge in [0.1, 0.15) is 0 Å². The summed E-state index contributed by atoms with van der Waals surface area (Å²) < 4.78 is 45.6. The van der Waals surface area contributed by atoms with Crippen molar-refractivity contribution in [1.82, 2.24) is 9.78 Å². The fraction of sp³-hybridized carbons (Fsp3) is 0.227. The normalized spacial score (nSPS) is 13.2. The van der Waals surface area contributed by atoms with E-state index in [0.717, 1.165) is 11.8 Å². The number of hydrogen-bond donors (Lipinski definition) is 2. The number of H-pyrrole nitrogens is 1. The molecule has 0 spiro atoms. The number of aromatic amines is 1. The van der Waals surface area contributed by atoms with Crippen LogP contribution < -0.4 is 10.9 Å². The Labute approximate surface area is 190 Å². The summed E-state index contributed by atoms with van der Waals surface area (Å²) in [7, 11) is 0.797. The molecule has 0 aliphatic rings. The quantitative estimate of drug-likeness (QED) is 0.503. The van der Waals surface area contributed by atoms with Crippen LogP contribution in [0.2, 0.25) is 0 Å². The van der Waals surface area contributed by atoms with E-state index >= 15 is 0 Å². The number of ether oxygens (including phenoxy) is 1. The number of benzene rings is 2. The second-order valence-corrected chi connectivity index (χ2v) is 8.15. The molecule has 2 aromatic carbocycles. The molecule has 2 N–H and O–H groups in total. The van der Waals surface area contributed by atoms with Gasteiger partial charge >= 0.3 is 12.1 Å². The third-order valence-electron chi connectivity index (χ3n) is 4.79. The van der Waals surface area contributed by atoms with Gasteiger partial charge in [-0.2, -0.15) is 13.2 Å². The topological polar surface area (TPSA) is 93.2 Å². The first-order valence-electron chi connectivity index (χ1n) is 9.63. The number of para-hydroxylation sites is 2. The first-order valence-corrected chi connectivity index (χ1v) is 10.6.